The van der Waals surface area contributed by atoms with E-state index in [0.717, 1.165) is 12.3 Å². The number of nitrogens with one attached hydrogen (secondary N) is 1. The molecule has 0 aromatic heterocycles. The fourth-order valence-corrected chi connectivity index (χ4v) is 2.78. The average molecular weight is 233 g/mol. The molecule has 2 nitrogen and oxygen atoms in total. The molecule has 2 rings (SSSR count). The van der Waals surface area contributed by atoms with E-state index in [-0.39, 0.29) is 11.2 Å². The standard InChI is InChI=1S/C13H15NOS/c1-10(7-11-5-3-2-4-6-11)8-12-13(15)14-9-16-12/h2-7,12H,8-9H2,1H3,(H,14,15). The lowest BCUT2D eigenvalue weighted by Crippen LogP contribution is -2.22. The van der Waals surface area contributed by atoms with Crippen LogP contribution in [0.3, 0.4) is 0 Å². The van der Waals surface area contributed by atoms with Crippen molar-refractivity contribution in [3.8, 4) is 0 Å². The molecule has 0 aliphatic carbocycles. The molecule has 0 bridgehead atoms. The highest BCUT2D eigenvalue weighted by Crippen LogP contribution is 2.23. The van der Waals surface area contributed by atoms with E-state index in [1.165, 1.54) is 11.1 Å². The zero-order chi connectivity index (χ0) is 11.4. The van der Waals surface area contributed by atoms with Crippen LogP contribution >= 0.6 is 11.8 Å². The van der Waals surface area contributed by atoms with Crippen molar-refractivity contribution in [2.75, 3.05) is 5.88 Å². The van der Waals surface area contributed by atoms with E-state index in [4.69, 9.17) is 0 Å². The summed E-state index contributed by atoms with van der Waals surface area (Å²) in [6, 6.07) is 10.2. The largest absolute Gasteiger partial charge is 0.346 e. The molecule has 1 fully saturated rings. The van der Waals surface area contributed by atoms with Crippen LogP contribution in [0.15, 0.2) is 35.9 Å². The van der Waals surface area contributed by atoms with Gasteiger partial charge in [0.25, 0.3) is 0 Å². The minimum atomic E-state index is 0.0972. The lowest BCUT2D eigenvalue weighted by atomic mass is 10.1. The molecule has 0 radical (unpaired) electrons. The summed E-state index contributed by atoms with van der Waals surface area (Å²) in [4.78, 5) is 11.4. The number of carbonyl (C=O) groups is 1. The first kappa shape index (κ1) is 11.3. The van der Waals surface area contributed by atoms with Crippen molar-refractivity contribution >= 4 is 23.7 Å². The van der Waals surface area contributed by atoms with Gasteiger partial charge in [-0.1, -0.05) is 42.0 Å². The van der Waals surface area contributed by atoms with Gasteiger partial charge in [0.15, 0.2) is 0 Å². The Kier molecular flexibility index (Phi) is 3.67. The monoisotopic (exact) mass is 233 g/mol. The van der Waals surface area contributed by atoms with E-state index < -0.39 is 0 Å². The van der Waals surface area contributed by atoms with Gasteiger partial charge in [0.2, 0.25) is 5.91 Å². The minimum Gasteiger partial charge on any atom is -0.346 e. The normalized spacial score (nSPS) is 20.9. The van der Waals surface area contributed by atoms with Crippen molar-refractivity contribution in [2.24, 2.45) is 0 Å². The van der Waals surface area contributed by atoms with Crippen LogP contribution in [-0.2, 0) is 4.79 Å². The second-order valence-electron chi connectivity index (χ2n) is 3.95. The smallest absolute Gasteiger partial charge is 0.234 e. The molecule has 0 spiro atoms. The maximum atomic E-state index is 11.4. The first-order chi connectivity index (χ1) is 7.75. The molecule has 1 aliphatic heterocycles. The van der Waals surface area contributed by atoms with Gasteiger partial charge in [0.1, 0.15) is 0 Å². The number of rotatable bonds is 3. The molecule has 1 saturated heterocycles. The number of carbonyl (C=O) groups excluding carboxylic acids is 1. The number of allylic oxidation sites excluding steroid dienone is 1. The molecule has 1 amide bonds. The number of hydrogen-bond donors (Lipinski definition) is 1. The quantitative estimate of drug-likeness (QED) is 0.869. The maximum Gasteiger partial charge on any atom is 0.234 e. The Labute approximate surface area is 100 Å². The predicted molar refractivity (Wildman–Crippen MR) is 69.1 cm³/mol. The van der Waals surface area contributed by atoms with E-state index >= 15 is 0 Å². The minimum absolute atomic E-state index is 0.0972. The van der Waals surface area contributed by atoms with Crippen LogP contribution in [0, 0.1) is 0 Å². The van der Waals surface area contributed by atoms with Crippen molar-refractivity contribution < 1.29 is 4.79 Å². The maximum absolute atomic E-state index is 11.4. The Morgan fingerprint density at radius 3 is 2.88 bits per heavy atom. The molecule has 3 heteroatoms. The molecule has 1 N–H and O–H groups in total. The van der Waals surface area contributed by atoms with Crippen molar-refractivity contribution in [1.29, 1.82) is 0 Å². The highest BCUT2D eigenvalue weighted by molar-refractivity contribution is 8.01. The van der Waals surface area contributed by atoms with Crippen LogP contribution in [0.2, 0.25) is 0 Å². The molecule has 1 atom stereocenters. The predicted octanol–water partition coefficient (Wildman–Crippen LogP) is 2.67. The Bertz CT molecular complexity index is 400. The average Bonchev–Trinajstić information content (AvgIpc) is 2.66. The van der Waals surface area contributed by atoms with Gasteiger partial charge in [-0.2, -0.15) is 0 Å². The summed E-state index contributed by atoms with van der Waals surface area (Å²) in [7, 11) is 0. The Morgan fingerprint density at radius 1 is 1.50 bits per heavy atom. The zero-order valence-corrected chi connectivity index (χ0v) is 10.1. The van der Waals surface area contributed by atoms with Crippen LogP contribution in [0.25, 0.3) is 6.08 Å². The zero-order valence-electron chi connectivity index (χ0n) is 9.27. The van der Waals surface area contributed by atoms with Gasteiger partial charge in [-0.3, -0.25) is 4.79 Å². The van der Waals surface area contributed by atoms with Crippen LogP contribution in [-0.4, -0.2) is 17.0 Å². The highest BCUT2D eigenvalue weighted by Gasteiger charge is 2.24. The van der Waals surface area contributed by atoms with Crippen molar-refractivity contribution in [3.05, 3.63) is 41.5 Å². The molecule has 16 heavy (non-hydrogen) atoms. The molecule has 1 heterocycles. The van der Waals surface area contributed by atoms with E-state index in [1.54, 1.807) is 11.8 Å². The van der Waals surface area contributed by atoms with Crippen molar-refractivity contribution in [2.45, 2.75) is 18.6 Å². The summed E-state index contributed by atoms with van der Waals surface area (Å²) in [6.45, 7) is 2.08. The van der Waals surface area contributed by atoms with E-state index in [2.05, 4.69) is 30.4 Å². The molecule has 0 saturated carbocycles. The number of benzene rings is 1. The number of hydrogen-bond acceptors (Lipinski definition) is 2. The van der Waals surface area contributed by atoms with Gasteiger partial charge in [-0.25, -0.2) is 0 Å². The second kappa shape index (κ2) is 5.21. The molecular weight excluding hydrogens is 218 g/mol. The third-order valence-electron chi connectivity index (χ3n) is 2.54. The number of amides is 1. The van der Waals surface area contributed by atoms with Gasteiger partial charge in [0.05, 0.1) is 11.1 Å². The van der Waals surface area contributed by atoms with Gasteiger partial charge in [0, 0.05) is 0 Å². The van der Waals surface area contributed by atoms with Crippen LogP contribution in [0.5, 0.6) is 0 Å². The molecular formula is C13H15NOS. The van der Waals surface area contributed by atoms with E-state index in [9.17, 15) is 4.79 Å². The Morgan fingerprint density at radius 2 is 2.25 bits per heavy atom. The van der Waals surface area contributed by atoms with Crippen molar-refractivity contribution in [1.82, 2.24) is 5.32 Å². The molecule has 1 unspecified atom stereocenters. The molecule has 84 valence electrons. The first-order valence-corrected chi connectivity index (χ1v) is 6.42. The van der Waals surface area contributed by atoms with Gasteiger partial charge in [-0.15, -0.1) is 11.8 Å². The Balaban J connectivity index is 2.00. The van der Waals surface area contributed by atoms with Gasteiger partial charge in [-0.05, 0) is 18.9 Å². The summed E-state index contributed by atoms with van der Waals surface area (Å²) in [5, 5.41) is 2.93. The summed E-state index contributed by atoms with van der Waals surface area (Å²) in [5.74, 6) is 0.924. The lowest BCUT2D eigenvalue weighted by Gasteiger charge is -2.06. The van der Waals surface area contributed by atoms with Crippen molar-refractivity contribution in [3.63, 3.8) is 0 Å². The molecule has 1 aromatic rings. The van der Waals surface area contributed by atoms with E-state index in [1.807, 2.05) is 18.2 Å². The fourth-order valence-electron chi connectivity index (χ4n) is 1.74. The SMILES string of the molecule is CC(=Cc1ccccc1)CC1SCNC1=O. The molecule has 1 aliphatic rings. The topological polar surface area (TPSA) is 29.1 Å². The highest BCUT2D eigenvalue weighted by atomic mass is 32.2. The van der Waals surface area contributed by atoms with Gasteiger partial charge >= 0.3 is 0 Å². The van der Waals surface area contributed by atoms with Crippen LogP contribution < -0.4 is 5.32 Å². The third kappa shape index (κ3) is 2.89. The fraction of sp³-hybridized carbons (Fsp3) is 0.308. The Hall–Kier alpha value is -1.22. The first-order valence-electron chi connectivity index (χ1n) is 5.37. The van der Waals surface area contributed by atoms with Crippen LogP contribution in [0.4, 0.5) is 0 Å². The third-order valence-corrected chi connectivity index (χ3v) is 3.64. The van der Waals surface area contributed by atoms with E-state index in [0.29, 0.717) is 0 Å². The van der Waals surface area contributed by atoms with Gasteiger partial charge < -0.3 is 5.32 Å². The summed E-state index contributed by atoms with van der Waals surface area (Å²) in [6.07, 6.45) is 2.98. The molecule has 1 aromatic carbocycles. The van der Waals surface area contributed by atoms with Crippen LogP contribution in [0.1, 0.15) is 18.9 Å². The number of thioether (sulfide) groups is 1. The summed E-state index contributed by atoms with van der Waals surface area (Å²) in [5.41, 5.74) is 2.45. The summed E-state index contributed by atoms with van der Waals surface area (Å²) >= 11 is 1.69. The lowest BCUT2D eigenvalue weighted by molar-refractivity contribution is -0.119. The summed E-state index contributed by atoms with van der Waals surface area (Å²) < 4.78 is 0. The second-order valence-corrected chi connectivity index (χ2v) is 5.14.